The molecule has 0 aliphatic rings. The molecule has 1 rings (SSSR count). The molecule has 1 unspecified atom stereocenters. The van der Waals surface area contributed by atoms with Crippen LogP contribution in [0.15, 0.2) is 24.3 Å². The van der Waals surface area contributed by atoms with Gasteiger partial charge >= 0.3 is 5.97 Å². The normalized spacial score (nSPS) is 11.9. The first-order valence-electron chi connectivity index (χ1n) is 5.71. The molecule has 0 radical (unpaired) electrons. The van der Waals surface area contributed by atoms with Crippen molar-refractivity contribution in [3.05, 3.63) is 29.8 Å². The van der Waals surface area contributed by atoms with Crippen molar-refractivity contribution in [2.24, 2.45) is 0 Å². The van der Waals surface area contributed by atoms with Crippen molar-refractivity contribution in [2.75, 3.05) is 11.9 Å². The lowest BCUT2D eigenvalue weighted by molar-refractivity contribution is 0.0527. The van der Waals surface area contributed by atoms with Gasteiger partial charge in [0, 0.05) is 11.7 Å². The van der Waals surface area contributed by atoms with Crippen molar-refractivity contribution < 1.29 is 9.53 Å². The number of hydrogen-bond acceptors (Lipinski definition) is 3. The molecule has 3 heteroatoms. The zero-order valence-corrected chi connectivity index (χ0v) is 10.1. The fourth-order valence-electron chi connectivity index (χ4n) is 1.36. The summed E-state index contributed by atoms with van der Waals surface area (Å²) in [5.74, 6) is -0.270. The maximum absolute atomic E-state index is 11.7. The molecule has 0 aliphatic carbocycles. The zero-order chi connectivity index (χ0) is 12.0. The molecule has 16 heavy (non-hydrogen) atoms. The highest BCUT2D eigenvalue weighted by molar-refractivity contribution is 5.95. The van der Waals surface area contributed by atoms with E-state index in [1.807, 2.05) is 25.1 Å². The van der Waals surface area contributed by atoms with Crippen LogP contribution >= 0.6 is 0 Å². The Hall–Kier alpha value is -1.51. The quantitative estimate of drug-likeness (QED) is 0.776. The number of nitrogens with one attached hydrogen (secondary N) is 1. The van der Waals surface area contributed by atoms with Gasteiger partial charge in [-0.3, -0.25) is 0 Å². The molecule has 0 saturated heterocycles. The van der Waals surface area contributed by atoms with E-state index in [0.29, 0.717) is 18.2 Å². The van der Waals surface area contributed by atoms with E-state index in [2.05, 4.69) is 19.2 Å². The minimum absolute atomic E-state index is 0.270. The molecular weight excluding hydrogens is 202 g/mol. The van der Waals surface area contributed by atoms with Crippen LogP contribution in [0, 0.1) is 0 Å². The van der Waals surface area contributed by atoms with Crippen molar-refractivity contribution in [1.29, 1.82) is 0 Å². The number of carbonyl (C=O) groups is 1. The predicted molar refractivity (Wildman–Crippen MR) is 65.8 cm³/mol. The van der Waals surface area contributed by atoms with Gasteiger partial charge in [-0.25, -0.2) is 4.79 Å². The summed E-state index contributed by atoms with van der Waals surface area (Å²) in [6.45, 7) is 6.39. The number of rotatable bonds is 5. The van der Waals surface area contributed by atoms with E-state index in [-0.39, 0.29) is 5.97 Å². The molecule has 0 heterocycles. The minimum Gasteiger partial charge on any atom is -0.462 e. The van der Waals surface area contributed by atoms with Crippen LogP contribution in [0.25, 0.3) is 0 Å². The van der Waals surface area contributed by atoms with Crippen LogP contribution in [0.2, 0.25) is 0 Å². The van der Waals surface area contributed by atoms with Gasteiger partial charge in [-0.1, -0.05) is 19.1 Å². The van der Waals surface area contributed by atoms with Gasteiger partial charge in [-0.2, -0.15) is 0 Å². The molecule has 0 aromatic heterocycles. The summed E-state index contributed by atoms with van der Waals surface area (Å²) in [6, 6.07) is 7.78. The van der Waals surface area contributed by atoms with Gasteiger partial charge in [0.25, 0.3) is 0 Å². The monoisotopic (exact) mass is 221 g/mol. The minimum atomic E-state index is -0.270. The summed E-state index contributed by atoms with van der Waals surface area (Å²) < 4.78 is 5.00. The molecule has 1 N–H and O–H groups in total. The van der Waals surface area contributed by atoms with Crippen molar-refractivity contribution in [1.82, 2.24) is 0 Å². The number of esters is 1. The molecule has 0 aliphatic heterocycles. The number of para-hydroxylation sites is 1. The molecule has 88 valence electrons. The third-order valence-electron chi connectivity index (χ3n) is 2.44. The maximum Gasteiger partial charge on any atom is 0.340 e. The first-order chi connectivity index (χ1) is 7.69. The SMILES string of the molecule is CCOC(=O)c1ccccc1NC(C)CC. The summed E-state index contributed by atoms with van der Waals surface area (Å²) in [5.41, 5.74) is 1.44. The van der Waals surface area contributed by atoms with Gasteiger partial charge in [-0.15, -0.1) is 0 Å². The summed E-state index contributed by atoms with van der Waals surface area (Å²) in [6.07, 6.45) is 1.01. The van der Waals surface area contributed by atoms with Crippen LogP contribution in [-0.4, -0.2) is 18.6 Å². The molecule has 1 aromatic carbocycles. The van der Waals surface area contributed by atoms with Gasteiger partial charge in [0.1, 0.15) is 0 Å². The van der Waals surface area contributed by atoms with Gasteiger partial charge in [0.05, 0.1) is 12.2 Å². The first kappa shape index (κ1) is 12.6. The second kappa shape index (κ2) is 6.16. The third-order valence-corrected chi connectivity index (χ3v) is 2.44. The van der Waals surface area contributed by atoms with Crippen LogP contribution < -0.4 is 5.32 Å². The number of hydrogen-bond donors (Lipinski definition) is 1. The lowest BCUT2D eigenvalue weighted by atomic mass is 10.1. The molecule has 1 atom stereocenters. The smallest absolute Gasteiger partial charge is 0.340 e. The Morgan fingerprint density at radius 1 is 1.38 bits per heavy atom. The highest BCUT2D eigenvalue weighted by Gasteiger charge is 2.12. The largest absolute Gasteiger partial charge is 0.462 e. The topological polar surface area (TPSA) is 38.3 Å². The van der Waals surface area contributed by atoms with Gasteiger partial charge in [0.15, 0.2) is 0 Å². The number of anilines is 1. The van der Waals surface area contributed by atoms with E-state index < -0.39 is 0 Å². The molecule has 3 nitrogen and oxygen atoms in total. The Bertz CT molecular complexity index is 350. The van der Waals surface area contributed by atoms with Crippen LogP contribution in [0.5, 0.6) is 0 Å². The highest BCUT2D eigenvalue weighted by atomic mass is 16.5. The van der Waals surface area contributed by atoms with Crippen LogP contribution in [-0.2, 0) is 4.74 Å². The van der Waals surface area contributed by atoms with Crippen molar-refractivity contribution in [3.63, 3.8) is 0 Å². The van der Waals surface area contributed by atoms with E-state index in [1.54, 1.807) is 6.07 Å². The summed E-state index contributed by atoms with van der Waals surface area (Å²) >= 11 is 0. The summed E-state index contributed by atoms with van der Waals surface area (Å²) in [7, 11) is 0. The van der Waals surface area contributed by atoms with E-state index in [4.69, 9.17) is 4.74 Å². The number of carbonyl (C=O) groups excluding carboxylic acids is 1. The number of benzene rings is 1. The van der Waals surface area contributed by atoms with Crippen molar-refractivity contribution in [2.45, 2.75) is 33.2 Å². The highest BCUT2D eigenvalue weighted by Crippen LogP contribution is 2.17. The predicted octanol–water partition coefficient (Wildman–Crippen LogP) is 3.07. The Kier molecular flexibility index (Phi) is 4.83. The van der Waals surface area contributed by atoms with Crippen LogP contribution in [0.1, 0.15) is 37.6 Å². The van der Waals surface area contributed by atoms with E-state index >= 15 is 0 Å². The fraction of sp³-hybridized carbons (Fsp3) is 0.462. The zero-order valence-electron chi connectivity index (χ0n) is 10.1. The third kappa shape index (κ3) is 3.26. The fourth-order valence-corrected chi connectivity index (χ4v) is 1.36. The van der Waals surface area contributed by atoms with Crippen molar-refractivity contribution >= 4 is 11.7 Å². The number of ether oxygens (including phenoxy) is 1. The molecule has 0 saturated carbocycles. The van der Waals surface area contributed by atoms with Gasteiger partial charge < -0.3 is 10.1 Å². The average molecular weight is 221 g/mol. The van der Waals surface area contributed by atoms with E-state index in [1.165, 1.54) is 0 Å². The Labute approximate surface area is 96.8 Å². The average Bonchev–Trinajstić information content (AvgIpc) is 2.30. The van der Waals surface area contributed by atoms with Crippen molar-refractivity contribution in [3.8, 4) is 0 Å². The standard InChI is InChI=1S/C13H19NO2/c1-4-10(3)14-12-9-7-6-8-11(12)13(15)16-5-2/h6-10,14H,4-5H2,1-3H3. The summed E-state index contributed by atoms with van der Waals surface area (Å²) in [4.78, 5) is 11.7. The molecule has 0 bridgehead atoms. The van der Waals surface area contributed by atoms with Crippen LogP contribution in [0.3, 0.4) is 0 Å². The van der Waals surface area contributed by atoms with E-state index in [0.717, 1.165) is 12.1 Å². The summed E-state index contributed by atoms with van der Waals surface area (Å²) in [5, 5.41) is 3.30. The lowest BCUT2D eigenvalue weighted by Crippen LogP contribution is -2.17. The molecular formula is C13H19NO2. The Morgan fingerprint density at radius 3 is 2.69 bits per heavy atom. The lowest BCUT2D eigenvalue weighted by Gasteiger charge is -2.15. The Morgan fingerprint density at radius 2 is 2.06 bits per heavy atom. The molecule has 0 amide bonds. The second-order valence-corrected chi connectivity index (χ2v) is 3.72. The molecule has 0 fully saturated rings. The maximum atomic E-state index is 11.7. The van der Waals surface area contributed by atoms with Gasteiger partial charge in [0.2, 0.25) is 0 Å². The van der Waals surface area contributed by atoms with Gasteiger partial charge in [-0.05, 0) is 32.4 Å². The molecule has 0 spiro atoms. The molecule has 1 aromatic rings. The van der Waals surface area contributed by atoms with E-state index in [9.17, 15) is 4.79 Å². The second-order valence-electron chi connectivity index (χ2n) is 3.72. The Balaban J connectivity index is 2.87. The first-order valence-corrected chi connectivity index (χ1v) is 5.71. The van der Waals surface area contributed by atoms with Crippen LogP contribution in [0.4, 0.5) is 5.69 Å².